The first-order valence-corrected chi connectivity index (χ1v) is 7.33. The Kier molecular flexibility index (Phi) is 4.12. The standard InChI is InChI=1S/C20H14O4/c21-19(22)15-10-8-13(9-11-15)12-18(20(23)24)17-7-3-5-14-4-1-2-6-16(14)17/h1-12H,(H,21,22)(H,23,24)/b18-12-. The first kappa shape index (κ1) is 15.5. The number of carboxylic acid groups (broad SMARTS) is 2. The Hall–Kier alpha value is -3.40. The number of aromatic carboxylic acids is 1. The highest BCUT2D eigenvalue weighted by molar-refractivity contribution is 6.23. The van der Waals surface area contributed by atoms with Crippen LogP contribution in [0.1, 0.15) is 21.5 Å². The van der Waals surface area contributed by atoms with Gasteiger partial charge in [-0.15, -0.1) is 0 Å². The lowest BCUT2D eigenvalue weighted by Gasteiger charge is -2.08. The number of hydrogen-bond donors (Lipinski definition) is 2. The van der Waals surface area contributed by atoms with Crippen molar-refractivity contribution >= 4 is 34.4 Å². The van der Waals surface area contributed by atoms with Gasteiger partial charge in [0, 0.05) is 0 Å². The van der Waals surface area contributed by atoms with Gasteiger partial charge in [0.2, 0.25) is 0 Å². The smallest absolute Gasteiger partial charge is 0.336 e. The molecule has 4 nitrogen and oxygen atoms in total. The number of carboxylic acids is 2. The van der Waals surface area contributed by atoms with Gasteiger partial charge in [-0.2, -0.15) is 0 Å². The molecule has 0 amide bonds. The zero-order valence-electron chi connectivity index (χ0n) is 12.6. The van der Waals surface area contributed by atoms with Crippen LogP contribution in [0.3, 0.4) is 0 Å². The summed E-state index contributed by atoms with van der Waals surface area (Å²) in [4.78, 5) is 22.7. The fourth-order valence-electron chi connectivity index (χ4n) is 2.60. The summed E-state index contributed by atoms with van der Waals surface area (Å²) in [5, 5.41) is 20.4. The van der Waals surface area contributed by atoms with Gasteiger partial charge in [-0.05, 0) is 40.1 Å². The van der Waals surface area contributed by atoms with Crippen LogP contribution in [0.2, 0.25) is 0 Å². The van der Waals surface area contributed by atoms with Crippen LogP contribution in [0, 0.1) is 0 Å². The van der Waals surface area contributed by atoms with Gasteiger partial charge in [0.1, 0.15) is 0 Å². The molecule has 0 unspecified atom stereocenters. The van der Waals surface area contributed by atoms with Gasteiger partial charge >= 0.3 is 11.9 Å². The summed E-state index contributed by atoms with van der Waals surface area (Å²) in [6.07, 6.45) is 1.55. The van der Waals surface area contributed by atoms with Crippen molar-refractivity contribution in [3.8, 4) is 0 Å². The lowest BCUT2D eigenvalue weighted by Crippen LogP contribution is -2.01. The number of aliphatic carboxylic acids is 1. The molecule has 3 aromatic rings. The van der Waals surface area contributed by atoms with E-state index in [-0.39, 0.29) is 11.1 Å². The Bertz CT molecular complexity index is 948. The Morgan fingerprint density at radius 1 is 0.792 bits per heavy atom. The molecule has 0 aliphatic carbocycles. The lowest BCUT2D eigenvalue weighted by molar-refractivity contribution is -0.130. The fourth-order valence-corrected chi connectivity index (χ4v) is 2.60. The molecule has 3 rings (SSSR count). The maximum Gasteiger partial charge on any atom is 0.336 e. The second-order valence-corrected chi connectivity index (χ2v) is 5.32. The Balaban J connectivity index is 2.12. The molecule has 24 heavy (non-hydrogen) atoms. The summed E-state index contributed by atoms with van der Waals surface area (Å²) in [5.41, 5.74) is 1.58. The molecule has 0 spiro atoms. The third-order valence-corrected chi connectivity index (χ3v) is 3.78. The fraction of sp³-hybridized carbons (Fsp3) is 0. The van der Waals surface area contributed by atoms with Crippen molar-refractivity contribution in [2.75, 3.05) is 0 Å². The summed E-state index contributed by atoms with van der Waals surface area (Å²) < 4.78 is 0. The SMILES string of the molecule is O=C(O)/C(=C\c1ccc(C(=O)O)cc1)c1cccc2ccccc12. The number of rotatable bonds is 4. The van der Waals surface area contributed by atoms with Crippen LogP contribution in [0.25, 0.3) is 22.4 Å². The Labute approximate surface area is 138 Å². The normalized spacial score (nSPS) is 11.4. The van der Waals surface area contributed by atoms with Crippen LogP contribution in [0.5, 0.6) is 0 Å². The molecule has 0 saturated carbocycles. The van der Waals surface area contributed by atoms with Crippen molar-refractivity contribution in [2.45, 2.75) is 0 Å². The molecule has 0 fully saturated rings. The lowest BCUT2D eigenvalue weighted by atomic mass is 9.96. The average Bonchev–Trinajstić information content (AvgIpc) is 2.59. The number of benzene rings is 3. The highest BCUT2D eigenvalue weighted by Crippen LogP contribution is 2.27. The van der Waals surface area contributed by atoms with Gasteiger partial charge in [0.15, 0.2) is 0 Å². The van der Waals surface area contributed by atoms with Gasteiger partial charge < -0.3 is 10.2 Å². The Morgan fingerprint density at radius 2 is 1.46 bits per heavy atom. The van der Waals surface area contributed by atoms with Gasteiger partial charge in [0.25, 0.3) is 0 Å². The van der Waals surface area contributed by atoms with E-state index in [1.807, 2.05) is 36.4 Å². The molecule has 2 N–H and O–H groups in total. The van der Waals surface area contributed by atoms with Crippen molar-refractivity contribution in [1.82, 2.24) is 0 Å². The molecule has 0 aliphatic heterocycles. The van der Waals surface area contributed by atoms with Crippen molar-refractivity contribution < 1.29 is 19.8 Å². The second-order valence-electron chi connectivity index (χ2n) is 5.32. The van der Waals surface area contributed by atoms with E-state index < -0.39 is 11.9 Å². The summed E-state index contributed by atoms with van der Waals surface area (Å²) in [7, 11) is 0. The molecule has 0 aliphatic rings. The molecule has 0 radical (unpaired) electrons. The maximum absolute atomic E-state index is 11.8. The van der Waals surface area contributed by atoms with Crippen LogP contribution in [-0.2, 0) is 4.79 Å². The third-order valence-electron chi connectivity index (χ3n) is 3.78. The molecule has 118 valence electrons. The van der Waals surface area contributed by atoms with E-state index in [2.05, 4.69) is 0 Å². The monoisotopic (exact) mass is 318 g/mol. The molecule has 0 saturated heterocycles. The number of hydrogen-bond acceptors (Lipinski definition) is 2. The van der Waals surface area contributed by atoms with E-state index in [0.717, 1.165) is 10.8 Å². The van der Waals surface area contributed by atoms with E-state index in [1.54, 1.807) is 24.3 Å². The second kappa shape index (κ2) is 6.38. The van der Waals surface area contributed by atoms with Crippen molar-refractivity contribution in [3.05, 3.63) is 83.4 Å². The predicted molar refractivity (Wildman–Crippen MR) is 92.9 cm³/mol. The highest BCUT2D eigenvalue weighted by atomic mass is 16.4. The van der Waals surface area contributed by atoms with Crippen molar-refractivity contribution in [1.29, 1.82) is 0 Å². The zero-order valence-corrected chi connectivity index (χ0v) is 12.6. The average molecular weight is 318 g/mol. The van der Waals surface area contributed by atoms with E-state index >= 15 is 0 Å². The molecule has 0 atom stereocenters. The molecular weight excluding hydrogens is 304 g/mol. The number of fused-ring (bicyclic) bond motifs is 1. The number of carbonyl (C=O) groups is 2. The minimum Gasteiger partial charge on any atom is -0.478 e. The van der Waals surface area contributed by atoms with E-state index in [9.17, 15) is 14.7 Å². The van der Waals surface area contributed by atoms with E-state index in [4.69, 9.17) is 5.11 Å². The van der Waals surface area contributed by atoms with Crippen molar-refractivity contribution in [2.24, 2.45) is 0 Å². The van der Waals surface area contributed by atoms with Crippen LogP contribution in [0.15, 0.2) is 66.7 Å². The largest absolute Gasteiger partial charge is 0.478 e. The Morgan fingerprint density at radius 3 is 2.12 bits per heavy atom. The zero-order chi connectivity index (χ0) is 17.1. The minimum absolute atomic E-state index is 0.161. The topological polar surface area (TPSA) is 74.6 Å². The van der Waals surface area contributed by atoms with Crippen LogP contribution < -0.4 is 0 Å². The summed E-state index contributed by atoms with van der Waals surface area (Å²) in [6.45, 7) is 0. The molecular formula is C20H14O4. The first-order valence-electron chi connectivity index (χ1n) is 7.33. The summed E-state index contributed by atoms with van der Waals surface area (Å²) in [6, 6.07) is 19.2. The van der Waals surface area contributed by atoms with Crippen molar-refractivity contribution in [3.63, 3.8) is 0 Å². The van der Waals surface area contributed by atoms with Crippen LogP contribution in [0.4, 0.5) is 0 Å². The first-order chi connectivity index (χ1) is 11.6. The van der Waals surface area contributed by atoms with Gasteiger partial charge in [-0.1, -0.05) is 54.6 Å². The molecule has 3 aromatic carbocycles. The molecule has 0 bridgehead atoms. The summed E-state index contributed by atoms with van der Waals surface area (Å²) in [5.74, 6) is -2.05. The maximum atomic E-state index is 11.8. The highest BCUT2D eigenvalue weighted by Gasteiger charge is 2.13. The van der Waals surface area contributed by atoms with Gasteiger partial charge in [0.05, 0.1) is 11.1 Å². The van der Waals surface area contributed by atoms with Gasteiger partial charge in [-0.25, -0.2) is 9.59 Å². The van der Waals surface area contributed by atoms with Crippen LogP contribution >= 0.6 is 0 Å². The molecule has 0 heterocycles. The third kappa shape index (κ3) is 3.03. The predicted octanol–water partition coefficient (Wildman–Crippen LogP) is 4.16. The van der Waals surface area contributed by atoms with E-state index in [0.29, 0.717) is 11.1 Å². The minimum atomic E-state index is -1.03. The quantitative estimate of drug-likeness (QED) is 0.559. The molecule has 0 aromatic heterocycles. The van der Waals surface area contributed by atoms with E-state index in [1.165, 1.54) is 12.1 Å². The summed E-state index contributed by atoms with van der Waals surface area (Å²) >= 11 is 0. The van der Waals surface area contributed by atoms with Gasteiger partial charge in [-0.3, -0.25) is 0 Å². The van der Waals surface area contributed by atoms with Crippen LogP contribution in [-0.4, -0.2) is 22.2 Å². The molecule has 4 heteroatoms.